The minimum Gasteiger partial charge on any atom is -0.242 e. The molecule has 0 aromatic carbocycles. The molecule has 0 fully saturated rings. The van der Waals surface area contributed by atoms with Crippen molar-refractivity contribution in [2.75, 3.05) is 0 Å². The third-order valence-electron chi connectivity index (χ3n) is 0.894. The number of allylic oxidation sites excluding steroid dienone is 4. The van der Waals surface area contributed by atoms with Crippen molar-refractivity contribution in [3.8, 4) is 6.07 Å². The van der Waals surface area contributed by atoms with Crippen LogP contribution in [0.5, 0.6) is 0 Å². The van der Waals surface area contributed by atoms with E-state index < -0.39 is 0 Å². The van der Waals surface area contributed by atoms with Crippen LogP contribution >= 0.6 is 0 Å². The quantitative estimate of drug-likeness (QED) is 0.451. The standard InChI is InChI=1S/C6H5N2/c1-5-2-3-6(4-7)8-5/h2-3H,1H3. The molecule has 0 aromatic rings. The van der Waals surface area contributed by atoms with Gasteiger partial charge in [-0.2, -0.15) is 5.26 Å². The van der Waals surface area contributed by atoms with E-state index in [1.54, 1.807) is 6.08 Å². The maximum absolute atomic E-state index is 8.24. The minimum atomic E-state index is 0.502. The van der Waals surface area contributed by atoms with Gasteiger partial charge in [0, 0.05) is 5.70 Å². The van der Waals surface area contributed by atoms with Crippen molar-refractivity contribution in [1.82, 2.24) is 5.32 Å². The van der Waals surface area contributed by atoms with Gasteiger partial charge in [0.05, 0.1) is 0 Å². The molecule has 0 aromatic heterocycles. The second-order valence-corrected chi connectivity index (χ2v) is 1.58. The number of rotatable bonds is 0. The maximum atomic E-state index is 8.24. The molecule has 1 heterocycles. The summed E-state index contributed by atoms with van der Waals surface area (Å²) < 4.78 is 0. The van der Waals surface area contributed by atoms with Crippen LogP contribution in [0.2, 0.25) is 0 Å². The molecule has 1 rings (SSSR count). The number of nitriles is 1. The molecular weight excluding hydrogens is 100 g/mol. The molecule has 1 radical (unpaired) electrons. The summed E-state index contributed by atoms with van der Waals surface area (Å²) in [6.07, 6.45) is 3.52. The van der Waals surface area contributed by atoms with Crippen LogP contribution in [0.15, 0.2) is 23.5 Å². The van der Waals surface area contributed by atoms with Gasteiger partial charge in [-0.3, -0.25) is 0 Å². The Morgan fingerprint density at radius 2 is 2.38 bits per heavy atom. The first-order chi connectivity index (χ1) is 3.83. The van der Waals surface area contributed by atoms with Gasteiger partial charge in [0.15, 0.2) is 0 Å². The zero-order chi connectivity index (χ0) is 5.98. The first-order valence-electron chi connectivity index (χ1n) is 2.33. The predicted octanol–water partition coefficient (Wildman–Crippen LogP) is 0.916. The van der Waals surface area contributed by atoms with Crippen molar-refractivity contribution in [2.24, 2.45) is 0 Å². The van der Waals surface area contributed by atoms with E-state index in [9.17, 15) is 0 Å². The minimum absolute atomic E-state index is 0.502. The van der Waals surface area contributed by atoms with Gasteiger partial charge in [-0.05, 0) is 19.1 Å². The summed E-state index contributed by atoms with van der Waals surface area (Å²) >= 11 is 0. The molecule has 0 unspecified atom stereocenters. The van der Waals surface area contributed by atoms with Crippen molar-refractivity contribution in [3.63, 3.8) is 0 Å². The number of nitrogens with zero attached hydrogens (tertiary/aromatic N) is 2. The number of hydrogen-bond acceptors (Lipinski definition) is 1. The lowest BCUT2D eigenvalue weighted by Gasteiger charge is -1.87. The van der Waals surface area contributed by atoms with E-state index in [0.717, 1.165) is 5.70 Å². The molecule has 8 heavy (non-hydrogen) atoms. The summed E-state index contributed by atoms with van der Waals surface area (Å²) in [7, 11) is 0. The summed E-state index contributed by atoms with van der Waals surface area (Å²) in [4.78, 5) is 0. The second kappa shape index (κ2) is 1.71. The lowest BCUT2D eigenvalue weighted by molar-refractivity contribution is 1.02. The molecule has 0 aliphatic carbocycles. The van der Waals surface area contributed by atoms with Gasteiger partial charge in [0.25, 0.3) is 0 Å². The van der Waals surface area contributed by atoms with Crippen LogP contribution in [0.3, 0.4) is 0 Å². The van der Waals surface area contributed by atoms with Gasteiger partial charge in [-0.1, -0.05) is 0 Å². The van der Waals surface area contributed by atoms with Crippen LogP contribution in [0.25, 0.3) is 0 Å². The monoisotopic (exact) mass is 105 g/mol. The maximum Gasteiger partial charge on any atom is 0.140 e. The van der Waals surface area contributed by atoms with E-state index in [4.69, 9.17) is 5.26 Å². The number of hydrogen-bond donors (Lipinski definition) is 0. The van der Waals surface area contributed by atoms with Crippen molar-refractivity contribution in [2.45, 2.75) is 6.92 Å². The van der Waals surface area contributed by atoms with Crippen LogP contribution in [0.1, 0.15) is 6.92 Å². The third kappa shape index (κ3) is 0.710. The van der Waals surface area contributed by atoms with Crippen molar-refractivity contribution in [3.05, 3.63) is 23.5 Å². The molecule has 1 aliphatic heterocycles. The average molecular weight is 105 g/mol. The van der Waals surface area contributed by atoms with Crippen LogP contribution in [0, 0.1) is 11.3 Å². The molecule has 0 atom stereocenters. The Balaban J connectivity index is 2.66. The van der Waals surface area contributed by atoms with Gasteiger partial charge in [0.1, 0.15) is 11.8 Å². The fraction of sp³-hybridized carbons (Fsp3) is 0.167. The van der Waals surface area contributed by atoms with E-state index in [2.05, 4.69) is 5.32 Å². The van der Waals surface area contributed by atoms with E-state index in [-0.39, 0.29) is 0 Å². The molecule has 0 N–H and O–H groups in total. The highest BCUT2D eigenvalue weighted by atomic mass is 14.9. The largest absolute Gasteiger partial charge is 0.242 e. The Bertz CT molecular complexity index is 193. The van der Waals surface area contributed by atoms with Gasteiger partial charge < -0.3 is 0 Å². The molecule has 0 bridgehead atoms. The predicted molar refractivity (Wildman–Crippen MR) is 29.6 cm³/mol. The van der Waals surface area contributed by atoms with E-state index in [0.29, 0.717) is 5.70 Å². The van der Waals surface area contributed by atoms with E-state index in [1.165, 1.54) is 0 Å². The van der Waals surface area contributed by atoms with Crippen molar-refractivity contribution < 1.29 is 0 Å². The lowest BCUT2D eigenvalue weighted by Crippen LogP contribution is -1.92. The van der Waals surface area contributed by atoms with Crippen LogP contribution in [0.4, 0.5) is 0 Å². The normalized spacial score (nSPS) is 16.0. The van der Waals surface area contributed by atoms with Crippen LogP contribution in [-0.4, -0.2) is 0 Å². The summed E-state index contributed by atoms with van der Waals surface area (Å²) in [5, 5.41) is 12.1. The fourth-order valence-electron chi connectivity index (χ4n) is 0.526. The zero-order valence-electron chi connectivity index (χ0n) is 4.55. The average Bonchev–Trinajstić information content (AvgIpc) is 2.14. The van der Waals surface area contributed by atoms with Gasteiger partial charge in [-0.15, -0.1) is 0 Å². The molecule has 0 amide bonds. The topological polar surface area (TPSA) is 37.9 Å². The van der Waals surface area contributed by atoms with Crippen molar-refractivity contribution in [1.29, 1.82) is 5.26 Å². The summed E-state index contributed by atoms with van der Waals surface area (Å²) in [6.45, 7) is 1.86. The lowest BCUT2D eigenvalue weighted by atomic mass is 10.5. The molecule has 39 valence electrons. The van der Waals surface area contributed by atoms with Gasteiger partial charge in [0.2, 0.25) is 0 Å². The molecule has 0 spiro atoms. The van der Waals surface area contributed by atoms with Gasteiger partial charge in [-0.25, -0.2) is 5.32 Å². The van der Waals surface area contributed by atoms with Crippen LogP contribution in [-0.2, 0) is 0 Å². The highest BCUT2D eigenvalue weighted by molar-refractivity contribution is 5.33. The molecule has 2 nitrogen and oxygen atoms in total. The Labute approximate surface area is 48.1 Å². The third-order valence-corrected chi connectivity index (χ3v) is 0.894. The van der Waals surface area contributed by atoms with Crippen LogP contribution < -0.4 is 5.32 Å². The first-order valence-corrected chi connectivity index (χ1v) is 2.33. The Morgan fingerprint density at radius 3 is 2.62 bits per heavy atom. The van der Waals surface area contributed by atoms with E-state index in [1.807, 2.05) is 19.1 Å². The molecule has 0 saturated heterocycles. The molecular formula is C6H5N2. The molecule has 1 aliphatic rings. The summed E-state index contributed by atoms with van der Waals surface area (Å²) in [5.74, 6) is 0. The van der Waals surface area contributed by atoms with E-state index >= 15 is 0 Å². The summed E-state index contributed by atoms with van der Waals surface area (Å²) in [6, 6.07) is 1.94. The second-order valence-electron chi connectivity index (χ2n) is 1.58. The van der Waals surface area contributed by atoms with Gasteiger partial charge >= 0.3 is 0 Å². The first kappa shape index (κ1) is 4.92. The smallest absolute Gasteiger partial charge is 0.140 e. The Kier molecular flexibility index (Phi) is 1.05. The Hall–Kier alpha value is -1.23. The molecule has 2 heteroatoms. The fourth-order valence-corrected chi connectivity index (χ4v) is 0.526. The highest BCUT2D eigenvalue weighted by Crippen LogP contribution is 2.05. The summed E-state index contributed by atoms with van der Waals surface area (Å²) in [5.41, 5.74) is 1.41. The SMILES string of the molecule is CC1=CC=C(C#N)[N]1. The van der Waals surface area contributed by atoms with Crippen molar-refractivity contribution >= 4 is 0 Å². The Morgan fingerprint density at radius 1 is 1.62 bits per heavy atom. The highest BCUT2D eigenvalue weighted by Gasteiger charge is 2.01. The zero-order valence-corrected chi connectivity index (χ0v) is 4.55. The molecule has 0 saturated carbocycles.